The van der Waals surface area contributed by atoms with Crippen LogP contribution in [0.3, 0.4) is 0 Å². The minimum absolute atomic E-state index is 0.0471. The molecule has 1 aliphatic heterocycles. The molecule has 1 unspecified atom stereocenters. The second kappa shape index (κ2) is 11.0. The highest BCUT2D eigenvalue weighted by Crippen LogP contribution is 2.38. The smallest absolute Gasteiger partial charge is 0.141 e. The topological polar surface area (TPSA) is 112 Å². The van der Waals surface area contributed by atoms with Gasteiger partial charge in [0.15, 0.2) is 0 Å². The number of aromatic nitrogens is 1. The Morgan fingerprint density at radius 1 is 1.08 bits per heavy atom. The molecule has 0 radical (unpaired) electrons. The van der Waals surface area contributed by atoms with Crippen LogP contribution in [-0.2, 0) is 0 Å². The van der Waals surface area contributed by atoms with E-state index in [0.717, 1.165) is 10.6 Å². The summed E-state index contributed by atoms with van der Waals surface area (Å²) in [5, 5.41) is 30.6. The molecule has 4 N–H and O–H groups in total. The summed E-state index contributed by atoms with van der Waals surface area (Å²) < 4.78 is 13.7. The number of fused-ring (bicyclic) bond motifs is 1. The van der Waals surface area contributed by atoms with Gasteiger partial charge in [0.25, 0.3) is 0 Å². The third-order valence-electron chi connectivity index (χ3n) is 6.05. The van der Waals surface area contributed by atoms with Crippen LogP contribution in [0.15, 0.2) is 59.9 Å². The first-order valence-corrected chi connectivity index (χ1v) is 13.4. The van der Waals surface area contributed by atoms with Crippen molar-refractivity contribution in [1.29, 1.82) is 10.5 Å². The zero-order chi connectivity index (χ0) is 27.7. The second-order valence-corrected chi connectivity index (χ2v) is 10.8. The highest BCUT2D eigenvalue weighted by molar-refractivity contribution is 7.10. The van der Waals surface area contributed by atoms with E-state index in [1.165, 1.54) is 35.7 Å². The normalized spacial score (nSPS) is 13.5. The Morgan fingerprint density at radius 2 is 1.87 bits per heavy atom. The summed E-state index contributed by atoms with van der Waals surface area (Å²) in [6, 6.07) is 13.9. The molecule has 0 bridgehead atoms. The van der Waals surface area contributed by atoms with Crippen molar-refractivity contribution >= 4 is 62.5 Å². The lowest BCUT2D eigenvalue weighted by Gasteiger charge is -2.21. The van der Waals surface area contributed by atoms with Crippen LogP contribution in [0.25, 0.3) is 10.9 Å². The largest absolute Gasteiger partial charge is 0.372 e. The highest BCUT2D eigenvalue weighted by Gasteiger charge is 2.25. The maximum absolute atomic E-state index is 13.7. The van der Waals surface area contributed by atoms with Gasteiger partial charge in [0, 0.05) is 45.5 Å². The Labute approximate surface area is 238 Å². The van der Waals surface area contributed by atoms with Gasteiger partial charge in [0.05, 0.1) is 38.1 Å². The number of nitriles is 2. The fourth-order valence-corrected chi connectivity index (χ4v) is 5.43. The summed E-state index contributed by atoms with van der Waals surface area (Å²) in [5.41, 5.74) is 10.1. The predicted octanol–water partition coefficient (Wildman–Crippen LogP) is 6.96. The van der Waals surface area contributed by atoms with Gasteiger partial charge in [-0.3, -0.25) is 9.99 Å². The fraction of sp³-hybridized carbons (Fsp3) is 0.148. The molecule has 0 saturated heterocycles. The van der Waals surface area contributed by atoms with Crippen molar-refractivity contribution in [2.24, 2.45) is 0 Å². The van der Waals surface area contributed by atoms with Gasteiger partial charge < -0.3 is 16.1 Å². The molecular weight excluding hydrogens is 558 g/mol. The van der Waals surface area contributed by atoms with Crippen molar-refractivity contribution < 1.29 is 4.39 Å². The molecule has 1 atom stereocenters. The van der Waals surface area contributed by atoms with Gasteiger partial charge in [-0.15, -0.1) is 16.9 Å². The van der Waals surface area contributed by atoms with Crippen LogP contribution in [0, 0.1) is 28.5 Å². The van der Waals surface area contributed by atoms with Gasteiger partial charge >= 0.3 is 0 Å². The maximum atomic E-state index is 13.7. The minimum atomic E-state index is -0.545. The summed E-state index contributed by atoms with van der Waals surface area (Å²) >= 11 is 14.1. The van der Waals surface area contributed by atoms with Gasteiger partial charge in [-0.25, -0.2) is 4.39 Å². The molecule has 5 rings (SSSR count). The number of thiophene rings is 1. The van der Waals surface area contributed by atoms with E-state index in [1.807, 2.05) is 23.3 Å². The third-order valence-corrected chi connectivity index (χ3v) is 7.63. The average molecular weight is 579 g/mol. The van der Waals surface area contributed by atoms with Crippen LogP contribution in [-0.4, -0.2) is 16.0 Å². The summed E-state index contributed by atoms with van der Waals surface area (Å²) in [6.07, 6.45) is 3.41. The van der Waals surface area contributed by atoms with Gasteiger partial charge in [-0.2, -0.15) is 10.5 Å². The van der Waals surface area contributed by atoms with E-state index in [9.17, 15) is 14.9 Å². The fourth-order valence-electron chi connectivity index (χ4n) is 4.08. The number of pyridine rings is 1. The Kier molecular flexibility index (Phi) is 7.47. The molecule has 0 aliphatic carbocycles. The van der Waals surface area contributed by atoms with Crippen molar-refractivity contribution in [2.45, 2.75) is 25.9 Å². The van der Waals surface area contributed by atoms with Crippen molar-refractivity contribution in [1.82, 2.24) is 21.0 Å². The number of hydrogen-bond acceptors (Lipinski definition) is 9. The standard InChI is InChI=1S/C27H21Cl2FN8S/c1-14(2)38-12-23(36-37-38)27(24-5-15(9-31)13-39-24)35-18-6-19-25(34-17-3-4-22(30)20(28)7-17)16(10-32)11-33-26(19)21(29)8-18/h3-8,11-14,27,35-37H,1-2H3,(H,33,34). The minimum Gasteiger partial charge on any atom is -0.372 e. The van der Waals surface area contributed by atoms with E-state index in [0.29, 0.717) is 38.6 Å². The number of nitrogens with one attached hydrogen (secondary N) is 4. The molecule has 0 fully saturated rings. The number of hydrazine groups is 2. The molecule has 39 heavy (non-hydrogen) atoms. The number of halogens is 3. The molecule has 2 aromatic carbocycles. The van der Waals surface area contributed by atoms with E-state index in [1.54, 1.807) is 11.4 Å². The number of hydrogen-bond donors (Lipinski definition) is 4. The molecule has 196 valence electrons. The lowest BCUT2D eigenvalue weighted by atomic mass is 10.1. The maximum Gasteiger partial charge on any atom is 0.141 e. The first-order valence-electron chi connectivity index (χ1n) is 11.8. The molecule has 3 heterocycles. The molecule has 0 saturated carbocycles. The van der Waals surface area contributed by atoms with Crippen molar-refractivity contribution in [3.63, 3.8) is 0 Å². The van der Waals surface area contributed by atoms with Crippen molar-refractivity contribution in [3.05, 3.63) is 91.7 Å². The van der Waals surface area contributed by atoms with Gasteiger partial charge in [0.1, 0.15) is 24.0 Å². The van der Waals surface area contributed by atoms with E-state index in [-0.39, 0.29) is 22.7 Å². The SMILES string of the molecule is CC(C)N1C=C(C(Nc2cc(Cl)c3ncc(C#N)c(Nc4ccc(F)c(Cl)c4)c3c2)c2cc(C#N)cs2)NN1. The van der Waals surface area contributed by atoms with E-state index in [2.05, 4.69) is 52.6 Å². The van der Waals surface area contributed by atoms with Crippen molar-refractivity contribution in [3.8, 4) is 12.1 Å². The van der Waals surface area contributed by atoms with Gasteiger partial charge in [-0.05, 0) is 50.2 Å². The van der Waals surface area contributed by atoms with Crippen LogP contribution in [0.2, 0.25) is 10.0 Å². The highest BCUT2D eigenvalue weighted by atomic mass is 35.5. The summed E-state index contributed by atoms with van der Waals surface area (Å²) in [4.78, 5) is 5.32. The predicted molar refractivity (Wildman–Crippen MR) is 153 cm³/mol. The number of anilines is 3. The molecule has 0 spiro atoms. The summed E-state index contributed by atoms with van der Waals surface area (Å²) in [7, 11) is 0. The van der Waals surface area contributed by atoms with E-state index < -0.39 is 5.82 Å². The monoisotopic (exact) mass is 578 g/mol. The van der Waals surface area contributed by atoms with Crippen molar-refractivity contribution in [2.75, 3.05) is 10.6 Å². The van der Waals surface area contributed by atoms with Gasteiger partial charge in [0.2, 0.25) is 0 Å². The lowest BCUT2D eigenvalue weighted by molar-refractivity contribution is 0.221. The second-order valence-electron chi connectivity index (χ2n) is 9.02. The molecular formula is C27H21Cl2FN8S. The molecule has 4 aromatic rings. The van der Waals surface area contributed by atoms with Crippen LogP contribution < -0.4 is 21.6 Å². The number of benzene rings is 2. The first kappa shape index (κ1) is 26.5. The average Bonchev–Trinajstić information content (AvgIpc) is 3.60. The Bertz CT molecular complexity index is 1690. The third kappa shape index (κ3) is 5.42. The zero-order valence-corrected chi connectivity index (χ0v) is 23.0. The van der Waals surface area contributed by atoms with Gasteiger partial charge in [-0.1, -0.05) is 23.2 Å². The zero-order valence-electron chi connectivity index (χ0n) is 20.7. The lowest BCUT2D eigenvalue weighted by Crippen LogP contribution is -2.41. The number of nitrogens with zero attached hydrogens (tertiary/aromatic N) is 4. The Hall–Kier alpha value is -4.06. The Morgan fingerprint density at radius 3 is 2.54 bits per heavy atom. The molecule has 0 amide bonds. The Balaban J connectivity index is 1.59. The number of rotatable bonds is 7. The molecule has 8 nitrogen and oxygen atoms in total. The van der Waals surface area contributed by atoms with E-state index >= 15 is 0 Å². The van der Waals surface area contributed by atoms with Crippen LogP contribution >= 0.6 is 34.5 Å². The van der Waals surface area contributed by atoms with Crippen LogP contribution in [0.1, 0.15) is 35.9 Å². The van der Waals surface area contributed by atoms with Crippen LogP contribution in [0.5, 0.6) is 0 Å². The quantitative estimate of drug-likeness (QED) is 0.186. The van der Waals surface area contributed by atoms with E-state index in [4.69, 9.17) is 23.2 Å². The molecule has 12 heteroatoms. The van der Waals surface area contributed by atoms with Crippen LogP contribution in [0.4, 0.5) is 21.5 Å². The summed E-state index contributed by atoms with van der Waals surface area (Å²) in [5.74, 6) is -0.545. The summed E-state index contributed by atoms with van der Waals surface area (Å²) in [6.45, 7) is 4.11. The first-order chi connectivity index (χ1) is 18.8. The molecule has 1 aliphatic rings. The molecule has 2 aromatic heterocycles.